The molecule has 4 heterocycles. The summed E-state index contributed by atoms with van der Waals surface area (Å²) in [7, 11) is 3.60. The lowest BCUT2D eigenvalue weighted by atomic mass is 9.99. The highest BCUT2D eigenvalue weighted by atomic mass is 35.5. The highest BCUT2D eigenvalue weighted by Gasteiger charge is 2.32. The smallest absolute Gasteiger partial charge is 0.272 e. The number of fused-ring (bicyclic) bond motifs is 2. The van der Waals surface area contributed by atoms with Crippen molar-refractivity contribution in [2.75, 3.05) is 7.05 Å². The van der Waals surface area contributed by atoms with Crippen molar-refractivity contribution in [1.82, 2.24) is 24.1 Å². The van der Waals surface area contributed by atoms with Crippen LogP contribution in [0.15, 0.2) is 24.5 Å². The van der Waals surface area contributed by atoms with Gasteiger partial charge in [-0.25, -0.2) is 4.98 Å². The summed E-state index contributed by atoms with van der Waals surface area (Å²) in [5, 5.41) is 5.16. The molecule has 0 aromatic carbocycles. The monoisotopic (exact) mass is 387 g/mol. The molecule has 0 fully saturated rings. The zero-order valence-electron chi connectivity index (χ0n) is 15.8. The third kappa shape index (κ3) is 3.11. The van der Waals surface area contributed by atoms with Crippen molar-refractivity contribution in [3.63, 3.8) is 0 Å². The molecule has 27 heavy (non-hydrogen) atoms. The maximum absolute atomic E-state index is 13.2. The van der Waals surface area contributed by atoms with Gasteiger partial charge < -0.3 is 14.0 Å². The second-order valence-electron chi connectivity index (χ2n) is 7.12. The Hall–Kier alpha value is -2.38. The lowest BCUT2D eigenvalue weighted by Crippen LogP contribution is -2.30. The number of ether oxygens (including phenoxy) is 1. The van der Waals surface area contributed by atoms with E-state index in [1.54, 1.807) is 28.9 Å². The number of imidazole rings is 1. The van der Waals surface area contributed by atoms with Gasteiger partial charge in [-0.05, 0) is 26.0 Å². The molecule has 0 aliphatic carbocycles. The molecule has 0 saturated heterocycles. The minimum absolute atomic E-state index is 0.0643. The molecule has 0 N–H and O–H groups in total. The van der Waals surface area contributed by atoms with E-state index in [-0.39, 0.29) is 18.1 Å². The third-order valence-electron chi connectivity index (χ3n) is 4.98. The lowest BCUT2D eigenvalue weighted by molar-refractivity contribution is -0.00713. The van der Waals surface area contributed by atoms with Gasteiger partial charge in [0.05, 0.1) is 41.4 Å². The largest absolute Gasteiger partial charge is 0.369 e. The Morgan fingerprint density at radius 2 is 2.19 bits per heavy atom. The van der Waals surface area contributed by atoms with Crippen LogP contribution < -0.4 is 0 Å². The van der Waals surface area contributed by atoms with Crippen LogP contribution in [0.1, 0.15) is 47.4 Å². The van der Waals surface area contributed by atoms with Crippen LogP contribution in [0, 0.1) is 0 Å². The van der Waals surface area contributed by atoms with E-state index < -0.39 is 0 Å². The van der Waals surface area contributed by atoms with Crippen LogP contribution in [0.4, 0.5) is 0 Å². The molecule has 1 amide bonds. The molecular weight excluding hydrogens is 366 g/mol. The molecule has 3 aromatic heterocycles. The highest BCUT2D eigenvalue weighted by molar-refractivity contribution is 6.30. The number of carbonyl (C=O) groups excluding carboxylic acids is 1. The first-order valence-corrected chi connectivity index (χ1v) is 9.31. The number of halogens is 1. The summed E-state index contributed by atoms with van der Waals surface area (Å²) in [5.74, 6) is -0.0653. The van der Waals surface area contributed by atoms with E-state index in [9.17, 15) is 4.79 Å². The minimum Gasteiger partial charge on any atom is -0.369 e. The Morgan fingerprint density at radius 1 is 1.41 bits per heavy atom. The van der Waals surface area contributed by atoms with Crippen LogP contribution in [0.5, 0.6) is 0 Å². The summed E-state index contributed by atoms with van der Waals surface area (Å²) in [6, 6.07) is 3.66. The first-order chi connectivity index (χ1) is 12.8. The zero-order valence-corrected chi connectivity index (χ0v) is 16.6. The van der Waals surface area contributed by atoms with Gasteiger partial charge in [-0.15, -0.1) is 0 Å². The number of hydrogen-bond donors (Lipinski definition) is 0. The Balaban J connectivity index is 1.64. The minimum atomic E-state index is -0.109. The van der Waals surface area contributed by atoms with Gasteiger partial charge in [-0.1, -0.05) is 11.6 Å². The van der Waals surface area contributed by atoms with Crippen LogP contribution in [-0.2, 0) is 24.8 Å². The van der Waals surface area contributed by atoms with Crippen LogP contribution in [0.25, 0.3) is 5.65 Å². The van der Waals surface area contributed by atoms with Crippen LogP contribution >= 0.6 is 11.6 Å². The van der Waals surface area contributed by atoms with Crippen LogP contribution in [0.3, 0.4) is 0 Å². The molecule has 0 saturated carbocycles. The van der Waals surface area contributed by atoms with Gasteiger partial charge in [0, 0.05) is 32.3 Å². The second kappa shape index (κ2) is 6.65. The number of rotatable bonds is 3. The molecule has 3 aromatic rings. The maximum atomic E-state index is 13.2. The van der Waals surface area contributed by atoms with Crippen molar-refractivity contribution in [1.29, 1.82) is 0 Å². The van der Waals surface area contributed by atoms with Crippen molar-refractivity contribution < 1.29 is 9.53 Å². The predicted octanol–water partition coefficient (Wildman–Crippen LogP) is 3.02. The molecular formula is C19H22ClN5O2. The average Bonchev–Trinajstić information content (AvgIpc) is 3.15. The summed E-state index contributed by atoms with van der Waals surface area (Å²) in [5.41, 5.74) is 4.16. The molecule has 142 valence electrons. The predicted molar refractivity (Wildman–Crippen MR) is 102 cm³/mol. The molecule has 1 aliphatic rings. The highest BCUT2D eigenvalue weighted by Crippen LogP contribution is 2.31. The van der Waals surface area contributed by atoms with E-state index in [0.717, 1.165) is 22.6 Å². The normalized spacial score (nSPS) is 19.3. The molecule has 0 unspecified atom stereocenters. The number of pyridine rings is 1. The fourth-order valence-corrected chi connectivity index (χ4v) is 3.91. The first-order valence-electron chi connectivity index (χ1n) is 8.93. The number of nitrogens with zero attached hydrogens (tertiary/aromatic N) is 5. The Bertz CT molecular complexity index is 1020. The van der Waals surface area contributed by atoms with Gasteiger partial charge in [0.1, 0.15) is 11.3 Å². The van der Waals surface area contributed by atoms with Gasteiger partial charge in [-0.3, -0.25) is 9.48 Å². The molecule has 2 atom stereocenters. The molecule has 8 heteroatoms. The quantitative estimate of drug-likeness (QED) is 0.693. The average molecular weight is 388 g/mol. The molecule has 4 rings (SSSR count). The van der Waals surface area contributed by atoms with Crippen molar-refractivity contribution in [3.05, 3.63) is 52.2 Å². The van der Waals surface area contributed by atoms with Crippen molar-refractivity contribution in [2.45, 2.75) is 39.0 Å². The summed E-state index contributed by atoms with van der Waals surface area (Å²) in [4.78, 5) is 19.3. The lowest BCUT2D eigenvalue weighted by Gasteiger charge is -2.25. The van der Waals surface area contributed by atoms with E-state index >= 15 is 0 Å². The topological polar surface area (TPSA) is 64.7 Å². The Morgan fingerprint density at radius 3 is 2.96 bits per heavy atom. The third-order valence-corrected chi connectivity index (χ3v) is 5.21. The number of aryl methyl sites for hydroxylation is 1. The molecule has 0 radical (unpaired) electrons. The Labute approximate surface area is 162 Å². The Kier molecular flexibility index (Phi) is 4.44. The second-order valence-corrected chi connectivity index (χ2v) is 7.55. The van der Waals surface area contributed by atoms with Crippen molar-refractivity contribution in [3.8, 4) is 0 Å². The van der Waals surface area contributed by atoms with Crippen molar-refractivity contribution >= 4 is 23.2 Å². The zero-order chi connectivity index (χ0) is 19.3. The molecule has 7 nitrogen and oxygen atoms in total. The van der Waals surface area contributed by atoms with Crippen LogP contribution in [0.2, 0.25) is 5.02 Å². The molecule has 0 spiro atoms. The van der Waals surface area contributed by atoms with E-state index in [4.69, 9.17) is 16.3 Å². The summed E-state index contributed by atoms with van der Waals surface area (Å²) < 4.78 is 9.42. The number of hydrogen-bond acceptors (Lipinski definition) is 4. The number of carbonyl (C=O) groups is 1. The summed E-state index contributed by atoms with van der Waals surface area (Å²) in [6.45, 7) is 4.41. The SMILES string of the molecule is C[C@@H]1Cc2c(nn(C)c2C(=O)N(C)Cc2cnc3ccc(Cl)cn23)[C@H](C)O1. The summed E-state index contributed by atoms with van der Waals surface area (Å²) >= 11 is 6.10. The van der Waals surface area contributed by atoms with Crippen molar-refractivity contribution in [2.24, 2.45) is 7.05 Å². The number of amides is 1. The number of aromatic nitrogens is 4. The fraction of sp³-hybridized carbons (Fsp3) is 0.421. The fourth-order valence-electron chi connectivity index (χ4n) is 3.75. The van der Waals surface area contributed by atoms with Gasteiger partial charge in [0.15, 0.2) is 0 Å². The first kappa shape index (κ1) is 18.0. The summed E-state index contributed by atoms with van der Waals surface area (Å²) in [6.07, 6.45) is 4.22. The van der Waals surface area contributed by atoms with Gasteiger partial charge >= 0.3 is 0 Å². The van der Waals surface area contributed by atoms with E-state index in [1.165, 1.54) is 0 Å². The van der Waals surface area contributed by atoms with E-state index in [2.05, 4.69) is 10.1 Å². The molecule has 1 aliphatic heterocycles. The van der Waals surface area contributed by atoms with E-state index in [1.807, 2.05) is 37.6 Å². The molecule has 0 bridgehead atoms. The van der Waals surface area contributed by atoms with E-state index in [0.29, 0.717) is 23.7 Å². The standard InChI is InChI=1S/C19H22ClN5O2/c1-11-7-15-17(12(2)27-11)22-24(4)18(15)19(26)23(3)10-14-8-21-16-6-5-13(20)9-25(14)16/h5-6,8-9,11-12H,7,10H2,1-4H3/t11-,12+/m1/s1. The van der Waals surface area contributed by atoms with Gasteiger partial charge in [0.2, 0.25) is 0 Å². The van der Waals surface area contributed by atoms with Crippen LogP contribution in [-0.4, -0.2) is 43.1 Å². The van der Waals surface area contributed by atoms with Gasteiger partial charge in [0.25, 0.3) is 5.91 Å². The maximum Gasteiger partial charge on any atom is 0.272 e. The van der Waals surface area contributed by atoms with Gasteiger partial charge in [-0.2, -0.15) is 5.10 Å².